The minimum absolute atomic E-state index is 0.0316. The Morgan fingerprint density at radius 1 is 0.926 bits per heavy atom. The number of hydrogen-bond donors (Lipinski definition) is 2. The molecule has 0 aliphatic rings. The van der Waals surface area contributed by atoms with Crippen molar-refractivity contribution >= 4 is 29.3 Å². The van der Waals surface area contributed by atoms with Gasteiger partial charge in [-0.3, -0.25) is 9.59 Å². The lowest BCUT2D eigenvalue weighted by molar-refractivity contribution is -0.122. The molecule has 5 heteroatoms. The van der Waals surface area contributed by atoms with Crippen LogP contribution in [0.4, 0.5) is 5.69 Å². The van der Waals surface area contributed by atoms with E-state index in [0.717, 1.165) is 21.7 Å². The van der Waals surface area contributed by atoms with Crippen molar-refractivity contribution in [2.45, 2.75) is 44.9 Å². The molecule has 27 heavy (non-hydrogen) atoms. The van der Waals surface area contributed by atoms with Crippen molar-refractivity contribution in [3.05, 3.63) is 59.2 Å². The largest absolute Gasteiger partial charge is 0.346 e. The van der Waals surface area contributed by atoms with Crippen molar-refractivity contribution in [1.29, 1.82) is 0 Å². The molecule has 0 bridgehead atoms. The first kappa shape index (κ1) is 21.0. The Hall–Kier alpha value is -2.27. The summed E-state index contributed by atoms with van der Waals surface area (Å²) in [6, 6.07) is 14.1. The van der Waals surface area contributed by atoms with Crippen LogP contribution in [0.25, 0.3) is 0 Å². The van der Waals surface area contributed by atoms with Gasteiger partial charge in [0.1, 0.15) is 0 Å². The van der Waals surface area contributed by atoms with Crippen molar-refractivity contribution < 1.29 is 9.59 Å². The van der Waals surface area contributed by atoms with E-state index in [-0.39, 0.29) is 29.5 Å². The van der Waals surface area contributed by atoms with Crippen LogP contribution >= 0.6 is 11.8 Å². The van der Waals surface area contributed by atoms with Crippen LogP contribution in [0.5, 0.6) is 0 Å². The van der Waals surface area contributed by atoms with E-state index in [1.165, 1.54) is 17.3 Å². The Morgan fingerprint density at radius 2 is 1.52 bits per heavy atom. The van der Waals surface area contributed by atoms with E-state index in [4.69, 9.17) is 0 Å². The number of rotatable bonds is 6. The Morgan fingerprint density at radius 3 is 2.07 bits per heavy atom. The smallest absolute Gasteiger partial charge is 0.243 e. The minimum atomic E-state index is -0.222. The molecule has 0 spiro atoms. The van der Waals surface area contributed by atoms with E-state index in [0.29, 0.717) is 0 Å². The molecule has 2 aromatic carbocycles. The number of aryl methyl sites for hydroxylation is 2. The molecule has 0 aromatic heterocycles. The number of thioether (sulfide) groups is 1. The number of amides is 2. The number of anilines is 1. The van der Waals surface area contributed by atoms with E-state index in [1.807, 2.05) is 44.2 Å². The second kappa shape index (κ2) is 9.09. The van der Waals surface area contributed by atoms with Crippen molar-refractivity contribution in [2.75, 3.05) is 17.6 Å². The maximum Gasteiger partial charge on any atom is 0.243 e. The minimum Gasteiger partial charge on any atom is -0.346 e. The van der Waals surface area contributed by atoms with E-state index in [1.54, 1.807) is 0 Å². The summed E-state index contributed by atoms with van der Waals surface area (Å²) in [5, 5.41) is 5.54. The Kier molecular flexibility index (Phi) is 7.08. The Labute approximate surface area is 166 Å². The first-order chi connectivity index (χ1) is 12.7. The lowest BCUT2D eigenvalue weighted by Crippen LogP contribution is -2.34. The number of nitrogens with one attached hydrogen (secondary N) is 2. The van der Waals surface area contributed by atoms with Crippen molar-refractivity contribution in [1.82, 2.24) is 5.32 Å². The van der Waals surface area contributed by atoms with Crippen molar-refractivity contribution in [3.63, 3.8) is 0 Å². The van der Waals surface area contributed by atoms with Gasteiger partial charge in [0.05, 0.1) is 12.3 Å². The molecule has 0 atom stereocenters. The van der Waals surface area contributed by atoms with E-state index < -0.39 is 0 Å². The summed E-state index contributed by atoms with van der Waals surface area (Å²) in [4.78, 5) is 25.2. The molecule has 2 amide bonds. The zero-order valence-corrected chi connectivity index (χ0v) is 17.5. The first-order valence-electron chi connectivity index (χ1n) is 9.03. The number of carbonyl (C=O) groups is 2. The van der Waals surface area contributed by atoms with Crippen LogP contribution in [-0.2, 0) is 15.0 Å². The van der Waals surface area contributed by atoms with Gasteiger partial charge in [0.25, 0.3) is 0 Å². The SMILES string of the molecule is Cc1cccc(C)c1NC(=O)CNC(=O)CSc1ccc(C(C)(C)C)cc1. The van der Waals surface area contributed by atoms with Gasteiger partial charge in [-0.15, -0.1) is 11.8 Å². The average molecular weight is 385 g/mol. The monoisotopic (exact) mass is 384 g/mol. The van der Waals surface area contributed by atoms with Gasteiger partial charge in [-0.25, -0.2) is 0 Å². The van der Waals surface area contributed by atoms with Crippen LogP contribution in [-0.4, -0.2) is 24.1 Å². The number of hydrogen-bond acceptors (Lipinski definition) is 3. The molecule has 0 saturated carbocycles. The van der Waals surface area contributed by atoms with E-state index in [2.05, 4.69) is 43.5 Å². The number of carbonyl (C=O) groups excluding carboxylic acids is 2. The average Bonchev–Trinajstić information content (AvgIpc) is 2.61. The Balaban J connectivity index is 1.78. The summed E-state index contributed by atoms with van der Waals surface area (Å²) in [5.74, 6) is -0.0947. The second-order valence-corrected chi connectivity index (χ2v) is 8.70. The summed E-state index contributed by atoms with van der Waals surface area (Å²) in [6.45, 7) is 10.4. The summed E-state index contributed by atoms with van der Waals surface area (Å²) >= 11 is 1.46. The summed E-state index contributed by atoms with van der Waals surface area (Å²) in [7, 11) is 0. The summed E-state index contributed by atoms with van der Waals surface area (Å²) in [6.07, 6.45) is 0. The zero-order chi connectivity index (χ0) is 20.0. The summed E-state index contributed by atoms with van der Waals surface area (Å²) < 4.78 is 0. The highest BCUT2D eigenvalue weighted by molar-refractivity contribution is 8.00. The lowest BCUT2D eigenvalue weighted by Gasteiger charge is -2.19. The van der Waals surface area contributed by atoms with Gasteiger partial charge in [0.2, 0.25) is 11.8 Å². The molecule has 0 radical (unpaired) electrons. The predicted octanol–water partition coefficient (Wildman–Crippen LogP) is 4.45. The van der Waals surface area contributed by atoms with Gasteiger partial charge in [-0.1, -0.05) is 51.1 Å². The topological polar surface area (TPSA) is 58.2 Å². The zero-order valence-electron chi connectivity index (χ0n) is 16.7. The van der Waals surface area contributed by atoms with Crippen molar-refractivity contribution in [3.8, 4) is 0 Å². The molecule has 144 valence electrons. The van der Waals surface area contributed by atoms with Crippen LogP contribution in [0.2, 0.25) is 0 Å². The highest BCUT2D eigenvalue weighted by Gasteiger charge is 2.13. The number of benzene rings is 2. The maximum absolute atomic E-state index is 12.1. The van der Waals surface area contributed by atoms with Crippen LogP contribution in [0, 0.1) is 13.8 Å². The number of para-hydroxylation sites is 1. The lowest BCUT2D eigenvalue weighted by atomic mass is 9.87. The van der Waals surface area contributed by atoms with Gasteiger partial charge in [0, 0.05) is 10.6 Å². The molecule has 0 unspecified atom stereocenters. The molecule has 0 aliphatic carbocycles. The molecular weight excluding hydrogens is 356 g/mol. The van der Waals surface area contributed by atoms with Gasteiger partial charge in [-0.05, 0) is 48.1 Å². The molecule has 2 aromatic rings. The molecule has 0 heterocycles. The van der Waals surface area contributed by atoms with Gasteiger partial charge in [0.15, 0.2) is 0 Å². The predicted molar refractivity (Wildman–Crippen MR) is 113 cm³/mol. The third-order valence-corrected chi connectivity index (χ3v) is 5.29. The van der Waals surface area contributed by atoms with E-state index >= 15 is 0 Å². The fourth-order valence-electron chi connectivity index (χ4n) is 2.63. The van der Waals surface area contributed by atoms with Crippen molar-refractivity contribution in [2.24, 2.45) is 0 Å². The highest BCUT2D eigenvalue weighted by Crippen LogP contribution is 2.25. The quantitative estimate of drug-likeness (QED) is 0.724. The van der Waals surface area contributed by atoms with Crippen LogP contribution in [0.1, 0.15) is 37.5 Å². The fourth-order valence-corrected chi connectivity index (χ4v) is 3.35. The molecule has 2 N–H and O–H groups in total. The molecular formula is C22H28N2O2S. The van der Waals surface area contributed by atoms with E-state index in [9.17, 15) is 9.59 Å². The summed E-state index contributed by atoms with van der Waals surface area (Å²) in [5.41, 5.74) is 4.20. The molecule has 2 rings (SSSR count). The standard InChI is InChI=1S/C22H28N2O2S/c1-15-7-6-8-16(2)21(15)24-19(25)13-23-20(26)14-27-18-11-9-17(10-12-18)22(3,4)5/h6-12H,13-14H2,1-5H3,(H,23,26)(H,24,25). The van der Waals surface area contributed by atoms with Crippen LogP contribution < -0.4 is 10.6 Å². The fraction of sp³-hybridized carbons (Fsp3) is 0.364. The van der Waals surface area contributed by atoms with Crippen LogP contribution in [0.3, 0.4) is 0 Å². The van der Waals surface area contributed by atoms with Gasteiger partial charge < -0.3 is 10.6 Å². The van der Waals surface area contributed by atoms with Gasteiger partial charge in [-0.2, -0.15) is 0 Å². The second-order valence-electron chi connectivity index (χ2n) is 7.65. The van der Waals surface area contributed by atoms with Crippen LogP contribution in [0.15, 0.2) is 47.4 Å². The molecule has 0 fully saturated rings. The normalized spacial score (nSPS) is 11.1. The first-order valence-corrected chi connectivity index (χ1v) is 10.0. The molecule has 0 saturated heterocycles. The molecule has 0 aliphatic heterocycles. The maximum atomic E-state index is 12.1. The van der Waals surface area contributed by atoms with Gasteiger partial charge >= 0.3 is 0 Å². The Bertz CT molecular complexity index is 788. The highest BCUT2D eigenvalue weighted by atomic mass is 32.2. The third kappa shape index (κ3) is 6.43. The third-order valence-electron chi connectivity index (χ3n) is 4.28. The molecule has 4 nitrogen and oxygen atoms in total.